The Balaban J connectivity index is 2.79. The van der Waals surface area contributed by atoms with Gasteiger partial charge in [-0.3, -0.25) is 4.79 Å². The lowest BCUT2D eigenvalue weighted by atomic mass is 9.82. The lowest BCUT2D eigenvalue weighted by molar-refractivity contribution is -0.112. The van der Waals surface area contributed by atoms with Gasteiger partial charge in [-0.05, 0) is 50.3 Å². The summed E-state index contributed by atoms with van der Waals surface area (Å²) in [4.78, 5) is 12.2. The van der Waals surface area contributed by atoms with Crippen LogP contribution in [0.5, 0.6) is 0 Å². The molecular formula is C19H27N3O. The number of carbonyl (C=O) groups excluding carboxylic acids is 1. The van der Waals surface area contributed by atoms with Crippen molar-refractivity contribution in [1.29, 1.82) is 5.26 Å². The zero-order chi connectivity index (χ0) is 17.7. The summed E-state index contributed by atoms with van der Waals surface area (Å²) in [7, 11) is 0. The van der Waals surface area contributed by atoms with Crippen LogP contribution in [0.2, 0.25) is 0 Å². The van der Waals surface area contributed by atoms with Gasteiger partial charge in [0, 0.05) is 17.4 Å². The summed E-state index contributed by atoms with van der Waals surface area (Å²) in [6, 6.07) is 9.44. The number of nitriles is 1. The molecule has 0 bridgehead atoms. The molecule has 2 N–H and O–H groups in total. The summed E-state index contributed by atoms with van der Waals surface area (Å²) < 4.78 is 0. The Morgan fingerprint density at radius 1 is 1.26 bits per heavy atom. The van der Waals surface area contributed by atoms with Gasteiger partial charge in [0.15, 0.2) is 0 Å². The van der Waals surface area contributed by atoms with E-state index in [1.54, 1.807) is 6.07 Å². The molecule has 4 nitrogen and oxygen atoms in total. The van der Waals surface area contributed by atoms with E-state index in [0.717, 1.165) is 12.0 Å². The fourth-order valence-corrected chi connectivity index (χ4v) is 2.71. The minimum Gasteiger partial charge on any atom is -0.385 e. The van der Waals surface area contributed by atoms with Crippen molar-refractivity contribution in [1.82, 2.24) is 5.32 Å². The maximum Gasteiger partial charge on any atom is 0.267 e. The molecule has 23 heavy (non-hydrogen) atoms. The van der Waals surface area contributed by atoms with E-state index in [2.05, 4.69) is 45.3 Å². The summed E-state index contributed by atoms with van der Waals surface area (Å²) in [5.74, 6) is -0.405. The van der Waals surface area contributed by atoms with Crippen molar-refractivity contribution in [2.45, 2.75) is 53.5 Å². The molecule has 0 unspecified atom stereocenters. The summed E-state index contributed by atoms with van der Waals surface area (Å²) >= 11 is 0. The number of carbonyl (C=O) groups is 1. The molecule has 1 aromatic carbocycles. The van der Waals surface area contributed by atoms with Crippen LogP contribution in [0.3, 0.4) is 0 Å². The summed E-state index contributed by atoms with van der Waals surface area (Å²) in [5, 5.41) is 15.2. The van der Waals surface area contributed by atoms with Crippen molar-refractivity contribution < 1.29 is 4.79 Å². The first-order chi connectivity index (χ1) is 10.5. The van der Waals surface area contributed by atoms with Crippen molar-refractivity contribution in [2.24, 2.45) is 5.41 Å². The molecule has 124 valence electrons. The molecule has 0 saturated heterocycles. The van der Waals surface area contributed by atoms with Crippen molar-refractivity contribution in [2.75, 3.05) is 5.32 Å². The van der Waals surface area contributed by atoms with E-state index in [1.165, 1.54) is 6.20 Å². The number of aryl methyl sites for hydroxylation is 1. The van der Waals surface area contributed by atoms with Crippen molar-refractivity contribution in [3.05, 3.63) is 41.6 Å². The molecular weight excluding hydrogens is 286 g/mol. The minimum atomic E-state index is -0.405. The van der Waals surface area contributed by atoms with E-state index >= 15 is 0 Å². The standard InChI is InChI=1S/C19H27N3O/c1-14-8-7-9-16(10-14)22-17(23)15(11-20)12-21-19(5,6)13-18(2,3)4/h7-10,12,21H,13H2,1-6H3,(H,22,23)/b15-12-. The molecule has 1 aromatic rings. The number of amides is 1. The smallest absolute Gasteiger partial charge is 0.267 e. The lowest BCUT2D eigenvalue weighted by Crippen LogP contribution is -2.39. The SMILES string of the molecule is Cc1cccc(NC(=O)/C(C#N)=C\NC(C)(C)CC(C)(C)C)c1. The van der Waals surface area contributed by atoms with Crippen LogP contribution in [0.25, 0.3) is 0 Å². The highest BCUT2D eigenvalue weighted by molar-refractivity contribution is 6.06. The topological polar surface area (TPSA) is 64.9 Å². The second-order valence-corrected chi connectivity index (χ2v) is 7.76. The normalized spacial score (nSPS) is 12.5. The Hall–Kier alpha value is -2.28. The largest absolute Gasteiger partial charge is 0.385 e. The molecule has 0 fully saturated rings. The van der Waals surface area contributed by atoms with E-state index in [9.17, 15) is 10.1 Å². The number of rotatable bonds is 5. The molecule has 0 aliphatic heterocycles. The predicted molar refractivity (Wildman–Crippen MR) is 94.8 cm³/mol. The van der Waals surface area contributed by atoms with Gasteiger partial charge < -0.3 is 10.6 Å². The second-order valence-electron chi connectivity index (χ2n) is 7.76. The second kappa shape index (κ2) is 7.32. The molecule has 4 heteroatoms. The molecule has 0 radical (unpaired) electrons. The van der Waals surface area contributed by atoms with Crippen LogP contribution in [-0.2, 0) is 4.79 Å². The summed E-state index contributed by atoms with van der Waals surface area (Å²) in [6.45, 7) is 12.6. The Bertz CT molecular complexity index is 631. The van der Waals surface area contributed by atoms with E-state index in [0.29, 0.717) is 5.69 Å². The molecule has 1 amide bonds. The molecule has 0 spiro atoms. The number of benzene rings is 1. The number of hydrogen-bond donors (Lipinski definition) is 2. The zero-order valence-corrected chi connectivity index (χ0v) is 14.9. The van der Waals surface area contributed by atoms with Crippen LogP contribution in [0, 0.1) is 23.7 Å². The maximum atomic E-state index is 12.2. The summed E-state index contributed by atoms with van der Waals surface area (Å²) in [5.41, 5.74) is 1.75. The molecule has 0 saturated carbocycles. The van der Waals surface area contributed by atoms with Gasteiger partial charge in [0.2, 0.25) is 0 Å². The summed E-state index contributed by atoms with van der Waals surface area (Å²) in [6.07, 6.45) is 2.42. The van der Waals surface area contributed by atoms with Gasteiger partial charge in [-0.15, -0.1) is 0 Å². The van der Waals surface area contributed by atoms with Crippen LogP contribution >= 0.6 is 0 Å². The van der Waals surface area contributed by atoms with E-state index in [1.807, 2.05) is 31.2 Å². The fourth-order valence-electron chi connectivity index (χ4n) is 2.71. The first-order valence-electron chi connectivity index (χ1n) is 7.78. The quantitative estimate of drug-likeness (QED) is 0.634. The van der Waals surface area contributed by atoms with Crippen LogP contribution in [0.15, 0.2) is 36.0 Å². The fraction of sp³-hybridized carbons (Fsp3) is 0.474. The minimum absolute atomic E-state index is 0.0634. The first-order valence-corrected chi connectivity index (χ1v) is 7.78. The van der Waals surface area contributed by atoms with Crippen molar-refractivity contribution in [3.8, 4) is 6.07 Å². The average Bonchev–Trinajstić information content (AvgIpc) is 2.36. The zero-order valence-electron chi connectivity index (χ0n) is 14.9. The third-order valence-corrected chi connectivity index (χ3v) is 3.22. The molecule has 0 heterocycles. The lowest BCUT2D eigenvalue weighted by Gasteiger charge is -2.33. The highest BCUT2D eigenvalue weighted by Gasteiger charge is 2.24. The number of hydrogen-bond acceptors (Lipinski definition) is 3. The Labute approximate surface area is 139 Å². The Morgan fingerprint density at radius 3 is 2.43 bits per heavy atom. The highest BCUT2D eigenvalue weighted by Crippen LogP contribution is 2.26. The molecule has 0 atom stereocenters. The van der Waals surface area contributed by atoms with Gasteiger partial charge in [-0.25, -0.2) is 0 Å². The van der Waals surface area contributed by atoms with Gasteiger partial charge in [0.1, 0.15) is 11.6 Å². The van der Waals surface area contributed by atoms with Crippen LogP contribution in [-0.4, -0.2) is 11.4 Å². The average molecular weight is 313 g/mol. The number of nitrogens with one attached hydrogen (secondary N) is 2. The maximum absolute atomic E-state index is 12.2. The number of nitrogens with zero attached hydrogens (tertiary/aromatic N) is 1. The Morgan fingerprint density at radius 2 is 1.91 bits per heavy atom. The predicted octanol–water partition coefficient (Wildman–Crippen LogP) is 4.15. The van der Waals surface area contributed by atoms with Gasteiger partial charge in [0.05, 0.1) is 0 Å². The van der Waals surface area contributed by atoms with Crippen LogP contribution < -0.4 is 10.6 Å². The van der Waals surface area contributed by atoms with Gasteiger partial charge in [-0.1, -0.05) is 32.9 Å². The van der Waals surface area contributed by atoms with Gasteiger partial charge >= 0.3 is 0 Å². The first kappa shape index (κ1) is 18.8. The van der Waals surface area contributed by atoms with E-state index < -0.39 is 5.91 Å². The van der Waals surface area contributed by atoms with Gasteiger partial charge in [-0.2, -0.15) is 5.26 Å². The highest BCUT2D eigenvalue weighted by atomic mass is 16.1. The number of anilines is 1. The van der Waals surface area contributed by atoms with Crippen molar-refractivity contribution >= 4 is 11.6 Å². The van der Waals surface area contributed by atoms with E-state index in [4.69, 9.17) is 0 Å². The molecule has 0 aliphatic rings. The van der Waals surface area contributed by atoms with Crippen molar-refractivity contribution in [3.63, 3.8) is 0 Å². The third-order valence-electron chi connectivity index (χ3n) is 3.22. The molecule has 0 aromatic heterocycles. The third kappa shape index (κ3) is 7.01. The van der Waals surface area contributed by atoms with E-state index in [-0.39, 0.29) is 16.5 Å². The van der Waals surface area contributed by atoms with Crippen LogP contribution in [0.1, 0.15) is 46.6 Å². The Kier molecular flexibility index (Phi) is 5.98. The van der Waals surface area contributed by atoms with Crippen LogP contribution in [0.4, 0.5) is 5.69 Å². The van der Waals surface area contributed by atoms with Gasteiger partial charge in [0.25, 0.3) is 5.91 Å². The molecule has 0 aliphatic carbocycles. The monoisotopic (exact) mass is 313 g/mol. The molecule has 1 rings (SSSR count).